The summed E-state index contributed by atoms with van der Waals surface area (Å²) in [6.07, 6.45) is 2.00. The number of hydrogen-bond acceptors (Lipinski definition) is 4. The van der Waals surface area contributed by atoms with Gasteiger partial charge in [0.15, 0.2) is 0 Å². The number of carbonyl (C=O) groups excluding carboxylic acids is 3. The van der Waals surface area contributed by atoms with Crippen molar-refractivity contribution >= 4 is 40.4 Å². The maximum absolute atomic E-state index is 12.6. The third-order valence-corrected chi connectivity index (χ3v) is 6.65. The number of thioether (sulfide) groups is 1. The first-order valence-corrected chi connectivity index (χ1v) is 11.5. The maximum Gasteiger partial charge on any atom is 0.261 e. The van der Waals surface area contributed by atoms with Crippen LogP contribution >= 0.6 is 11.8 Å². The lowest BCUT2D eigenvalue weighted by atomic mass is 10.1. The standard InChI is InChI=1S/C24H25N3O3S/c1-3-25(4-2)22(28)16-26-15-21(19-11-7-8-12-20(19)26)31-14-13-27-23(29)17-9-5-6-10-18(17)24(27)30/h5-12,15H,3-4,13-14,16H2,1-2H3. The van der Waals surface area contributed by atoms with E-state index in [1.165, 1.54) is 4.90 Å². The quantitative estimate of drug-likeness (QED) is 0.398. The van der Waals surface area contributed by atoms with Gasteiger partial charge in [-0.3, -0.25) is 19.3 Å². The molecule has 1 aliphatic heterocycles. The second-order valence-electron chi connectivity index (χ2n) is 7.36. The van der Waals surface area contributed by atoms with Crippen molar-refractivity contribution in [2.24, 2.45) is 0 Å². The molecule has 0 spiro atoms. The molecule has 160 valence electrons. The Morgan fingerprint density at radius 1 is 0.935 bits per heavy atom. The summed E-state index contributed by atoms with van der Waals surface area (Å²) in [6, 6.07) is 14.9. The van der Waals surface area contributed by atoms with E-state index in [9.17, 15) is 14.4 Å². The molecule has 6 nitrogen and oxygen atoms in total. The normalized spacial score (nSPS) is 13.2. The smallest absolute Gasteiger partial charge is 0.261 e. The molecule has 1 aromatic heterocycles. The molecule has 0 aliphatic carbocycles. The largest absolute Gasteiger partial charge is 0.342 e. The molecular formula is C24H25N3O3S. The summed E-state index contributed by atoms with van der Waals surface area (Å²) in [5, 5.41) is 1.07. The lowest BCUT2D eigenvalue weighted by molar-refractivity contribution is -0.131. The Bertz CT molecular complexity index is 1110. The van der Waals surface area contributed by atoms with Gasteiger partial charge in [-0.1, -0.05) is 30.3 Å². The van der Waals surface area contributed by atoms with Gasteiger partial charge < -0.3 is 9.47 Å². The number of imide groups is 1. The van der Waals surface area contributed by atoms with Crippen molar-refractivity contribution in [3.8, 4) is 0 Å². The van der Waals surface area contributed by atoms with Crippen LogP contribution < -0.4 is 0 Å². The molecule has 0 bridgehead atoms. The first-order chi connectivity index (χ1) is 15.0. The van der Waals surface area contributed by atoms with Crippen LogP contribution in [0.15, 0.2) is 59.6 Å². The zero-order valence-corrected chi connectivity index (χ0v) is 18.5. The Balaban J connectivity index is 1.48. The van der Waals surface area contributed by atoms with Crippen molar-refractivity contribution in [1.29, 1.82) is 0 Å². The number of benzene rings is 2. The van der Waals surface area contributed by atoms with Gasteiger partial charge in [0.2, 0.25) is 5.91 Å². The molecule has 4 rings (SSSR count). The number of nitrogens with zero attached hydrogens (tertiary/aromatic N) is 3. The fraction of sp³-hybridized carbons (Fsp3) is 0.292. The first kappa shape index (κ1) is 21.2. The Morgan fingerprint density at radius 3 is 2.19 bits per heavy atom. The predicted molar refractivity (Wildman–Crippen MR) is 122 cm³/mol. The van der Waals surface area contributed by atoms with Gasteiger partial charge in [0.05, 0.1) is 11.1 Å². The zero-order valence-electron chi connectivity index (χ0n) is 17.7. The average Bonchev–Trinajstić information content (AvgIpc) is 3.25. The minimum absolute atomic E-state index is 0.0910. The lowest BCUT2D eigenvalue weighted by Crippen LogP contribution is -2.33. The second kappa shape index (κ2) is 8.98. The van der Waals surface area contributed by atoms with E-state index < -0.39 is 0 Å². The van der Waals surface area contributed by atoms with Crippen LogP contribution in [0.3, 0.4) is 0 Å². The highest BCUT2D eigenvalue weighted by atomic mass is 32.2. The van der Waals surface area contributed by atoms with Crippen LogP contribution in [0.5, 0.6) is 0 Å². The highest BCUT2D eigenvalue weighted by Gasteiger charge is 2.34. The van der Waals surface area contributed by atoms with E-state index >= 15 is 0 Å². The molecule has 2 heterocycles. The predicted octanol–water partition coefficient (Wildman–Crippen LogP) is 3.90. The molecule has 0 unspecified atom stereocenters. The number of fused-ring (bicyclic) bond motifs is 2. The Hall–Kier alpha value is -3.06. The summed E-state index contributed by atoms with van der Waals surface area (Å²) < 4.78 is 1.99. The van der Waals surface area contributed by atoms with Crippen LogP contribution in [0.2, 0.25) is 0 Å². The number of amides is 3. The van der Waals surface area contributed by atoms with Crippen molar-refractivity contribution in [3.05, 3.63) is 65.9 Å². The lowest BCUT2D eigenvalue weighted by Gasteiger charge is -2.19. The molecule has 1 aliphatic rings. The van der Waals surface area contributed by atoms with Gasteiger partial charge in [-0.25, -0.2) is 0 Å². The number of hydrogen-bond donors (Lipinski definition) is 0. The van der Waals surface area contributed by atoms with Crippen LogP contribution in [-0.2, 0) is 11.3 Å². The topological polar surface area (TPSA) is 62.6 Å². The average molecular weight is 436 g/mol. The van der Waals surface area contributed by atoms with Gasteiger partial charge in [0.1, 0.15) is 6.54 Å². The van der Waals surface area contributed by atoms with E-state index in [4.69, 9.17) is 0 Å². The minimum atomic E-state index is -0.228. The Morgan fingerprint density at radius 2 is 1.55 bits per heavy atom. The molecule has 2 aromatic carbocycles. The Kier molecular flexibility index (Phi) is 6.13. The van der Waals surface area contributed by atoms with E-state index in [-0.39, 0.29) is 17.7 Å². The minimum Gasteiger partial charge on any atom is -0.342 e. The van der Waals surface area contributed by atoms with Crippen molar-refractivity contribution in [1.82, 2.24) is 14.4 Å². The summed E-state index contributed by atoms with van der Waals surface area (Å²) in [5.74, 6) is 0.221. The maximum atomic E-state index is 12.6. The summed E-state index contributed by atoms with van der Waals surface area (Å²) in [6.45, 7) is 5.98. The zero-order chi connectivity index (χ0) is 22.0. The van der Waals surface area contributed by atoms with Gasteiger partial charge in [0, 0.05) is 47.4 Å². The van der Waals surface area contributed by atoms with E-state index in [2.05, 4.69) is 0 Å². The molecule has 3 amide bonds. The third kappa shape index (κ3) is 3.97. The van der Waals surface area contributed by atoms with Crippen LogP contribution in [0.25, 0.3) is 10.9 Å². The molecule has 0 N–H and O–H groups in total. The van der Waals surface area contributed by atoms with E-state index in [0.29, 0.717) is 43.1 Å². The van der Waals surface area contributed by atoms with E-state index in [1.54, 1.807) is 36.0 Å². The monoisotopic (exact) mass is 435 g/mol. The van der Waals surface area contributed by atoms with Gasteiger partial charge in [-0.05, 0) is 32.0 Å². The summed E-state index contributed by atoms with van der Waals surface area (Å²) in [5.41, 5.74) is 1.96. The number of aromatic nitrogens is 1. The number of likely N-dealkylation sites (N-methyl/N-ethyl adjacent to an activating group) is 1. The van der Waals surface area contributed by atoms with Gasteiger partial charge in [-0.15, -0.1) is 11.8 Å². The van der Waals surface area contributed by atoms with E-state index in [0.717, 1.165) is 15.8 Å². The summed E-state index contributed by atoms with van der Waals surface area (Å²) in [4.78, 5) is 41.9. The molecule has 7 heteroatoms. The Labute approximate surface area is 185 Å². The van der Waals surface area contributed by atoms with E-state index in [1.807, 2.05) is 53.8 Å². The summed E-state index contributed by atoms with van der Waals surface area (Å²) in [7, 11) is 0. The SMILES string of the molecule is CCN(CC)C(=O)Cn1cc(SCCN2C(=O)c3ccccc3C2=O)c2ccccc21. The molecule has 0 fully saturated rings. The van der Waals surface area contributed by atoms with Crippen LogP contribution in [0.4, 0.5) is 0 Å². The van der Waals surface area contributed by atoms with Crippen molar-refractivity contribution in [2.75, 3.05) is 25.4 Å². The third-order valence-electron chi connectivity index (χ3n) is 5.62. The van der Waals surface area contributed by atoms with Gasteiger partial charge in [0.25, 0.3) is 11.8 Å². The molecule has 0 saturated carbocycles. The fourth-order valence-corrected chi connectivity index (χ4v) is 4.99. The summed E-state index contributed by atoms with van der Waals surface area (Å²) >= 11 is 1.60. The highest BCUT2D eigenvalue weighted by Crippen LogP contribution is 2.31. The molecule has 0 radical (unpaired) electrons. The van der Waals surface area contributed by atoms with Crippen molar-refractivity contribution in [3.63, 3.8) is 0 Å². The van der Waals surface area contributed by atoms with Crippen LogP contribution in [-0.4, -0.2) is 57.5 Å². The van der Waals surface area contributed by atoms with Crippen LogP contribution in [0, 0.1) is 0 Å². The highest BCUT2D eigenvalue weighted by molar-refractivity contribution is 7.99. The first-order valence-electron chi connectivity index (χ1n) is 10.5. The molecule has 0 atom stereocenters. The van der Waals surface area contributed by atoms with Crippen LogP contribution in [0.1, 0.15) is 34.6 Å². The molecule has 31 heavy (non-hydrogen) atoms. The number of carbonyl (C=O) groups is 3. The van der Waals surface area contributed by atoms with Gasteiger partial charge >= 0.3 is 0 Å². The van der Waals surface area contributed by atoms with Crippen molar-refractivity contribution in [2.45, 2.75) is 25.3 Å². The number of rotatable bonds is 8. The number of para-hydroxylation sites is 1. The van der Waals surface area contributed by atoms with Crippen molar-refractivity contribution < 1.29 is 14.4 Å². The fourth-order valence-electron chi connectivity index (χ4n) is 3.97. The van der Waals surface area contributed by atoms with Gasteiger partial charge in [-0.2, -0.15) is 0 Å². The molecule has 0 saturated heterocycles. The molecule has 3 aromatic rings. The second-order valence-corrected chi connectivity index (χ2v) is 8.50. The molecular weight excluding hydrogens is 410 g/mol.